The highest BCUT2D eigenvalue weighted by Gasteiger charge is 2.44. The molecule has 1 atom stereocenters. The van der Waals surface area contributed by atoms with E-state index >= 15 is 0 Å². The quantitative estimate of drug-likeness (QED) is 0.811. The normalized spacial score (nSPS) is 20.3. The molecule has 3 rings (SSSR count). The first-order valence-electron chi connectivity index (χ1n) is 7.18. The van der Waals surface area contributed by atoms with Gasteiger partial charge in [0, 0.05) is 12.1 Å². The molecule has 3 amide bonds. The third-order valence-electron chi connectivity index (χ3n) is 3.75. The number of carbonyl (C=O) groups is 3. The lowest BCUT2D eigenvalue weighted by Gasteiger charge is -2.26. The largest absolute Gasteiger partial charge is 0.481 e. The maximum absolute atomic E-state index is 13.5. The van der Waals surface area contributed by atoms with Crippen LogP contribution in [-0.4, -0.2) is 41.3 Å². The predicted molar refractivity (Wildman–Crippen MR) is 73.3 cm³/mol. The number of nitrogens with one attached hydrogen (secondary N) is 1. The number of amides is 3. The molecule has 1 heterocycles. The molecular formula is C15H14F2N2O4. The molecule has 1 saturated carbocycles. The van der Waals surface area contributed by atoms with Crippen molar-refractivity contribution in [3.05, 3.63) is 29.8 Å². The van der Waals surface area contributed by atoms with Crippen molar-refractivity contribution in [1.29, 1.82) is 0 Å². The van der Waals surface area contributed by atoms with Gasteiger partial charge < -0.3 is 9.64 Å². The van der Waals surface area contributed by atoms with Gasteiger partial charge in [-0.2, -0.15) is 0 Å². The van der Waals surface area contributed by atoms with Gasteiger partial charge in [0.05, 0.1) is 6.42 Å². The summed E-state index contributed by atoms with van der Waals surface area (Å²) in [5.74, 6) is -3.35. The van der Waals surface area contributed by atoms with E-state index in [1.54, 1.807) is 0 Å². The Bertz CT molecular complexity index is 675. The van der Waals surface area contributed by atoms with Crippen LogP contribution in [0.3, 0.4) is 0 Å². The lowest BCUT2D eigenvalue weighted by Crippen LogP contribution is -2.47. The number of hydrogen-bond acceptors (Lipinski definition) is 4. The van der Waals surface area contributed by atoms with Crippen LogP contribution in [0.4, 0.5) is 8.78 Å². The lowest BCUT2D eigenvalue weighted by molar-refractivity contribution is -0.141. The number of imide groups is 1. The zero-order chi connectivity index (χ0) is 16.6. The van der Waals surface area contributed by atoms with Gasteiger partial charge in [-0.15, -0.1) is 0 Å². The van der Waals surface area contributed by atoms with Gasteiger partial charge in [-0.25, -0.2) is 8.78 Å². The van der Waals surface area contributed by atoms with E-state index < -0.39 is 42.0 Å². The van der Waals surface area contributed by atoms with Crippen LogP contribution in [0.1, 0.15) is 19.3 Å². The average molecular weight is 324 g/mol. The van der Waals surface area contributed by atoms with E-state index in [0.717, 1.165) is 25.0 Å². The van der Waals surface area contributed by atoms with E-state index in [9.17, 15) is 23.2 Å². The van der Waals surface area contributed by atoms with E-state index in [4.69, 9.17) is 4.74 Å². The zero-order valence-electron chi connectivity index (χ0n) is 12.1. The van der Waals surface area contributed by atoms with Gasteiger partial charge in [0.15, 0.2) is 18.2 Å². The highest BCUT2D eigenvalue weighted by atomic mass is 19.1. The van der Waals surface area contributed by atoms with Gasteiger partial charge in [-0.3, -0.25) is 19.7 Å². The van der Waals surface area contributed by atoms with Gasteiger partial charge >= 0.3 is 0 Å². The summed E-state index contributed by atoms with van der Waals surface area (Å²) in [5, 5.41) is 2.16. The molecule has 0 spiro atoms. The van der Waals surface area contributed by atoms with Crippen molar-refractivity contribution in [2.45, 2.75) is 31.3 Å². The number of benzene rings is 1. The molecule has 1 N–H and O–H groups in total. The summed E-state index contributed by atoms with van der Waals surface area (Å²) in [6, 6.07) is 1.81. The molecule has 8 heteroatoms. The highest BCUT2D eigenvalue weighted by molar-refractivity contribution is 6.07. The molecule has 0 aromatic heterocycles. The molecule has 0 radical (unpaired) electrons. The van der Waals surface area contributed by atoms with Crippen LogP contribution in [0, 0.1) is 11.6 Å². The second-order valence-electron chi connectivity index (χ2n) is 5.53. The van der Waals surface area contributed by atoms with Gasteiger partial charge in [0.2, 0.25) is 11.8 Å². The first-order chi connectivity index (χ1) is 11.0. The Kier molecular flexibility index (Phi) is 3.97. The maximum Gasteiger partial charge on any atom is 0.261 e. The molecule has 23 heavy (non-hydrogen) atoms. The molecular weight excluding hydrogens is 310 g/mol. The summed E-state index contributed by atoms with van der Waals surface area (Å²) in [5.41, 5.74) is 0. The van der Waals surface area contributed by atoms with Crippen LogP contribution in [0.25, 0.3) is 0 Å². The number of hydrogen-bond donors (Lipinski definition) is 1. The van der Waals surface area contributed by atoms with E-state index in [-0.39, 0.29) is 18.2 Å². The standard InChI is InChI=1S/C15H14F2N2O4/c16-8-1-4-12(10(17)5-8)23-7-14(21)19(9-2-3-9)11-6-13(20)18-15(11)22/h1,4-5,9,11H,2-3,6-7H2,(H,18,20,22)/t11-/m1/s1. The van der Waals surface area contributed by atoms with Gasteiger partial charge in [-0.05, 0) is 25.0 Å². The fourth-order valence-corrected chi connectivity index (χ4v) is 2.56. The number of ether oxygens (including phenoxy) is 1. The minimum atomic E-state index is -0.912. The summed E-state index contributed by atoms with van der Waals surface area (Å²) >= 11 is 0. The molecule has 2 fully saturated rings. The lowest BCUT2D eigenvalue weighted by atomic mass is 10.2. The van der Waals surface area contributed by atoms with E-state index in [0.29, 0.717) is 6.07 Å². The predicted octanol–water partition coefficient (Wildman–Crippen LogP) is 0.750. The number of nitrogens with zero attached hydrogens (tertiary/aromatic N) is 1. The van der Waals surface area contributed by atoms with E-state index in [1.165, 1.54) is 4.90 Å². The van der Waals surface area contributed by atoms with Crippen molar-refractivity contribution < 1.29 is 27.9 Å². The fraction of sp³-hybridized carbons (Fsp3) is 0.400. The van der Waals surface area contributed by atoms with Crippen molar-refractivity contribution in [1.82, 2.24) is 10.2 Å². The van der Waals surface area contributed by atoms with Crippen LogP contribution < -0.4 is 10.1 Å². The summed E-state index contributed by atoms with van der Waals surface area (Å²) in [6.07, 6.45) is 1.41. The first kappa shape index (κ1) is 15.4. The number of rotatable bonds is 5. The minimum Gasteiger partial charge on any atom is -0.481 e. The van der Waals surface area contributed by atoms with Crippen molar-refractivity contribution in [2.75, 3.05) is 6.61 Å². The van der Waals surface area contributed by atoms with Crippen molar-refractivity contribution >= 4 is 17.7 Å². The Labute approximate surface area is 130 Å². The summed E-state index contributed by atoms with van der Waals surface area (Å²) in [4.78, 5) is 36.7. The van der Waals surface area contributed by atoms with Crippen LogP contribution in [0.15, 0.2) is 18.2 Å². The smallest absolute Gasteiger partial charge is 0.261 e. The first-order valence-corrected chi connectivity index (χ1v) is 7.18. The van der Waals surface area contributed by atoms with Gasteiger partial charge in [0.1, 0.15) is 11.9 Å². The Hall–Kier alpha value is -2.51. The second-order valence-corrected chi connectivity index (χ2v) is 5.53. The Morgan fingerprint density at radius 3 is 2.61 bits per heavy atom. The average Bonchev–Trinajstić information content (AvgIpc) is 3.24. The molecule has 1 saturated heterocycles. The molecule has 6 nitrogen and oxygen atoms in total. The maximum atomic E-state index is 13.5. The fourth-order valence-electron chi connectivity index (χ4n) is 2.56. The third kappa shape index (κ3) is 3.30. The highest BCUT2D eigenvalue weighted by Crippen LogP contribution is 2.31. The molecule has 0 bridgehead atoms. The molecule has 2 aliphatic rings. The second kappa shape index (κ2) is 5.94. The van der Waals surface area contributed by atoms with E-state index in [2.05, 4.69) is 5.32 Å². The molecule has 1 aromatic carbocycles. The van der Waals surface area contributed by atoms with Crippen molar-refractivity contribution in [3.63, 3.8) is 0 Å². The van der Waals surface area contributed by atoms with Crippen LogP contribution >= 0.6 is 0 Å². The summed E-state index contributed by atoms with van der Waals surface area (Å²) < 4.78 is 31.4. The zero-order valence-corrected chi connectivity index (χ0v) is 12.1. The number of carbonyl (C=O) groups excluding carboxylic acids is 3. The summed E-state index contributed by atoms with van der Waals surface area (Å²) in [7, 11) is 0. The van der Waals surface area contributed by atoms with Gasteiger partial charge in [0.25, 0.3) is 5.91 Å². The van der Waals surface area contributed by atoms with Gasteiger partial charge in [-0.1, -0.05) is 0 Å². The van der Waals surface area contributed by atoms with Crippen molar-refractivity contribution in [3.8, 4) is 5.75 Å². The van der Waals surface area contributed by atoms with Crippen molar-refractivity contribution in [2.24, 2.45) is 0 Å². The van der Waals surface area contributed by atoms with E-state index in [1.807, 2.05) is 0 Å². The molecule has 0 unspecified atom stereocenters. The van der Waals surface area contributed by atoms with Crippen LogP contribution in [0.2, 0.25) is 0 Å². The summed E-state index contributed by atoms with van der Waals surface area (Å²) in [6.45, 7) is -0.489. The molecule has 1 aromatic rings. The molecule has 122 valence electrons. The van der Waals surface area contributed by atoms with Crippen LogP contribution in [0.5, 0.6) is 5.75 Å². The number of halogens is 2. The SMILES string of the molecule is O=C1C[C@@H](N(C(=O)COc2ccc(F)cc2F)C2CC2)C(=O)N1. The minimum absolute atomic E-state index is 0.0774. The topological polar surface area (TPSA) is 75.7 Å². The Morgan fingerprint density at radius 2 is 2.04 bits per heavy atom. The Morgan fingerprint density at radius 1 is 1.30 bits per heavy atom. The monoisotopic (exact) mass is 324 g/mol. The molecule has 1 aliphatic heterocycles. The third-order valence-corrected chi connectivity index (χ3v) is 3.75. The van der Waals surface area contributed by atoms with Crippen LogP contribution in [-0.2, 0) is 14.4 Å². The molecule has 1 aliphatic carbocycles. The Balaban J connectivity index is 1.67.